The van der Waals surface area contributed by atoms with Crippen LogP contribution in [0.15, 0.2) is 48.5 Å². The van der Waals surface area contributed by atoms with Crippen LogP contribution in [0.3, 0.4) is 0 Å². The van der Waals surface area contributed by atoms with Gasteiger partial charge in [-0.25, -0.2) is 9.59 Å². The maximum atomic E-state index is 13.0. The number of amides is 2. The molecular formula is C28H34N2O5. The van der Waals surface area contributed by atoms with Crippen LogP contribution in [0, 0.1) is 11.3 Å². The zero-order chi connectivity index (χ0) is 25.0. The molecule has 2 amide bonds. The molecule has 1 atom stereocenters. The molecule has 7 heteroatoms. The number of alkyl carbamates (subject to hydrolysis) is 1. The molecule has 3 N–H and O–H groups in total. The summed E-state index contributed by atoms with van der Waals surface area (Å²) in [5, 5.41) is 15.0. The number of ether oxygens (including phenoxy) is 1. The minimum atomic E-state index is -1.03. The van der Waals surface area contributed by atoms with E-state index < -0.39 is 23.5 Å². The maximum Gasteiger partial charge on any atom is 0.407 e. The van der Waals surface area contributed by atoms with Gasteiger partial charge in [-0.2, -0.15) is 0 Å². The zero-order valence-corrected chi connectivity index (χ0v) is 20.4. The SMILES string of the molecule is CC(C)CCC(NC(=O)C1(CNC(=O)OCC2c3ccccc3-c3ccccc32)CCC1)C(=O)O. The first kappa shape index (κ1) is 24.8. The Morgan fingerprint density at radius 3 is 2.11 bits per heavy atom. The van der Waals surface area contributed by atoms with Crippen LogP contribution in [-0.2, 0) is 14.3 Å². The van der Waals surface area contributed by atoms with Gasteiger partial charge in [0.15, 0.2) is 0 Å². The van der Waals surface area contributed by atoms with Crippen molar-refractivity contribution in [2.75, 3.05) is 13.2 Å². The van der Waals surface area contributed by atoms with Crippen LogP contribution in [0.25, 0.3) is 11.1 Å². The van der Waals surface area contributed by atoms with Crippen molar-refractivity contribution in [3.63, 3.8) is 0 Å². The van der Waals surface area contributed by atoms with E-state index in [1.807, 2.05) is 38.1 Å². The monoisotopic (exact) mass is 478 g/mol. The molecular weight excluding hydrogens is 444 g/mol. The van der Waals surface area contributed by atoms with Gasteiger partial charge in [0.05, 0.1) is 5.41 Å². The first-order chi connectivity index (χ1) is 16.8. The van der Waals surface area contributed by atoms with Gasteiger partial charge >= 0.3 is 12.1 Å². The minimum absolute atomic E-state index is 0.0357. The summed E-state index contributed by atoms with van der Waals surface area (Å²) in [6.45, 7) is 4.38. The molecule has 1 fully saturated rings. The van der Waals surface area contributed by atoms with E-state index in [1.54, 1.807) is 0 Å². The lowest BCUT2D eigenvalue weighted by Crippen LogP contribution is -2.55. The third-order valence-electron chi connectivity index (χ3n) is 7.34. The van der Waals surface area contributed by atoms with Gasteiger partial charge in [-0.3, -0.25) is 4.79 Å². The summed E-state index contributed by atoms with van der Waals surface area (Å²) in [6.07, 6.45) is 2.61. The van der Waals surface area contributed by atoms with E-state index in [0.29, 0.717) is 31.6 Å². The molecule has 0 radical (unpaired) electrons. The van der Waals surface area contributed by atoms with Gasteiger partial charge in [0.2, 0.25) is 5.91 Å². The second-order valence-electron chi connectivity index (χ2n) is 10.1. The highest BCUT2D eigenvalue weighted by molar-refractivity contribution is 5.88. The molecule has 0 aromatic heterocycles. The molecule has 2 aliphatic rings. The van der Waals surface area contributed by atoms with Gasteiger partial charge in [0.1, 0.15) is 12.6 Å². The van der Waals surface area contributed by atoms with Crippen molar-refractivity contribution in [2.24, 2.45) is 11.3 Å². The Kier molecular flexibility index (Phi) is 7.43. The highest BCUT2D eigenvalue weighted by Gasteiger charge is 2.45. The Hall–Kier alpha value is -3.35. The van der Waals surface area contributed by atoms with Crippen molar-refractivity contribution in [3.05, 3.63) is 59.7 Å². The first-order valence-corrected chi connectivity index (χ1v) is 12.4. The van der Waals surface area contributed by atoms with Crippen LogP contribution in [0.1, 0.15) is 63.0 Å². The summed E-state index contributed by atoms with van der Waals surface area (Å²) in [5.74, 6) is -1.02. The number of carbonyl (C=O) groups is 3. The van der Waals surface area contributed by atoms with Crippen LogP contribution >= 0.6 is 0 Å². The third-order valence-corrected chi connectivity index (χ3v) is 7.34. The predicted octanol–water partition coefficient (Wildman–Crippen LogP) is 4.70. The molecule has 2 aromatic rings. The highest BCUT2D eigenvalue weighted by Crippen LogP contribution is 2.44. The summed E-state index contributed by atoms with van der Waals surface area (Å²) in [4.78, 5) is 37.2. The summed E-state index contributed by atoms with van der Waals surface area (Å²) in [5.41, 5.74) is 3.81. The number of fused-ring (bicyclic) bond motifs is 3. The number of carbonyl (C=O) groups excluding carboxylic acids is 2. The predicted molar refractivity (Wildman–Crippen MR) is 133 cm³/mol. The second-order valence-corrected chi connectivity index (χ2v) is 10.1. The Balaban J connectivity index is 1.33. The van der Waals surface area contributed by atoms with E-state index in [4.69, 9.17) is 4.74 Å². The summed E-state index contributed by atoms with van der Waals surface area (Å²) in [7, 11) is 0. The highest BCUT2D eigenvalue weighted by atomic mass is 16.5. The lowest BCUT2D eigenvalue weighted by molar-refractivity contribution is -0.146. The average Bonchev–Trinajstić information content (AvgIpc) is 3.13. The standard InChI is InChI=1S/C28H34N2O5/c1-18(2)12-13-24(25(31)32)30-26(33)28(14-7-15-28)17-29-27(34)35-16-23-21-10-5-3-8-19(21)20-9-4-6-11-22(20)23/h3-6,8-11,18,23-24H,7,12-17H2,1-2H3,(H,29,34)(H,30,33)(H,31,32). The van der Waals surface area contributed by atoms with E-state index in [1.165, 1.54) is 0 Å². The van der Waals surface area contributed by atoms with Crippen LogP contribution < -0.4 is 10.6 Å². The van der Waals surface area contributed by atoms with Gasteiger partial charge in [-0.15, -0.1) is 0 Å². The summed E-state index contributed by atoms with van der Waals surface area (Å²) >= 11 is 0. The van der Waals surface area contributed by atoms with Crippen LogP contribution in [0.4, 0.5) is 4.79 Å². The van der Waals surface area contributed by atoms with Gasteiger partial charge in [-0.05, 0) is 53.9 Å². The molecule has 7 nitrogen and oxygen atoms in total. The van der Waals surface area contributed by atoms with Crippen molar-refractivity contribution in [2.45, 2.75) is 57.9 Å². The average molecular weight is 479 g/mol. The number of carboxylic acid groups (broad SMARTS) is 1. The van der Waals surface area contributed by atoms with Gasteiger partial charge in [-0.1, -0.05) is 68.8 Å². The molecule has 0 bridgehead atoms. The number of rotatable bonds is 10. The van der Waals surface area contributed by atoms with Crippen molar-refractivity contribution >= 4 is 18.0 Å². The van der Waals surface area contributed by atoms with Crippen molar-refractivity contribution in [1.29, 1.82) is 0 Å². The molecule has 1 unspecified atom stereocenters. The van der Waals surface area contributed by atoms with Gasteiger partial charge in [0, 0.05) is 12.5 Å². The van der Waals surface area contributed by atoms with E-state index in [9.17, 15) is 19.5 Å². The number of hydrogen-bond donors (Lipinski definition) is 3. The van der Waals surface area contributed by atoms with Crippen molar-refractivity contribution < 1.29 is 24.2 Å². The topological polar surface area (TPSA) is 105 Å². The molecule has 0 heterocycles. The normalized spacial score (nSPS) is 16.5. The maximum absolute atomic E-state index is 13.0. The Morgan fingerprint density at radius 1 is 1.00 bits per heavy atom. The molecule has 0 aliphatic heterocycles. The van der Waals surface area contributed by atoms with E-state index in [2.05, 4.69) is 34.9 Å². The fourth-order valence-electron chi connectivity index (χ4n) is 5.05. The zero-order valence-electron chi connectivity index (χ0n) is 20.4. The van der Waals surface area contributed by atoms with Crippen LogP contribution in [0.5, 0.6) is 0 Å². The lowest BCUT2D eigenvalue weighted by Gasteiger charge is -2.40. The fourth-order valence-corrected chi connectivity index (χ4v) is 5.05. The summed E-state index contributed by atoms with van der Waals surface area (Å²) < 4.78 is 5.59. The number of hydrogen-bond acceptors (Lipinski definition) is 4. The quantitative estimate of drug-likeness (QED) is 0.459. The summed E-state index contributed by atoms with van der Waals surface area (Å²) in [6, 6.07) is 15.4. The number of carboxylic acids is 1. The Labute approximate surface area is 206 Å². The van der Waals surface area contributed by atoms with Gasteiger partial charge < -0.3 is 20.5 Å². The van der Waals surface area contributed by atoms with Crippen molar-refractivity contribution in [1.82, 2.24) is 10.6 Å². The molecule has 186 valence electrons. The first-order valence-electron chi connectivity index (χ1n) is 12.4. The molecule has 2 aliphatic carbocycles. The van der Waals surface area contributed by atoms with Crippen molar-refractivity contribution in [3.8, 4) is 11.1 Å². The molecule has 35 heavy (non-hydrogen) atoms. The van der Waals surface area contributed by atoms with Crippen LogP contribution in [-0.4, -0.2) is 42.3 Å². The second kappa shape index (κ2) is 10.5. The van der Waals surface area contributed by atoms with Gasteiger partial charge in [0.25, 0.3) is 0 Å². The number of benzene rings is 2. The molecule has 2 aromatic carbocycles. The van der Waals surface area contributed by atoms with Crippen LogP contribution in [0.2, 0.25) is 0 Å². The number of aliphatic carboxylic acids is 1. The Morgan fingerprint density at radius 2 is 1.60 bits per heavy atom. The fraction of sp³-hybridized carbons (Fsp3) is 0.464. The smallest absolute Gasteiger partial charge is 0.407 e. The van der Waals surface area contributed by atoms with E-state index in [-0.39, 0.29) is 25.0 Å². The molecule has 0 saturated heterocycles. The molecule has 0 spiro atoms. The van der Waals surface area contributed by atoms with E-state index in [0.717, 1.165) is 28.7 Å². The minimum Gasteiger partial charge on any atom is -0.480 e. The molecule has 1 saturated carbocycles. The molecule has 4 rings (SSSR count). The Bertz CT molecular complexity index is 1050. The number of nitrogens with one attached hydrogen (secondary N) is 2. The largest absolute Gasteiger partial charge is 0.480 e. The third kappa shape index (κ3) is 5.34. The lowest BCUT2D eigenvalue weighted by atomic mass is 9.68. The van der Waals surface area contributed by atoms with E-state index >= 15 is 0 Å².